The van der Waals surface area contributed by atoms with Crippen molar-refractivity contribution in [1.82, 2.24) is 15.1 Å². The minimum Gasteiger partial charge on any atom is -0.382 e. The van der Waals surface area contributed by atoms with E-state index in [-0.39, 0.29) is 11.8 Å². The molecule has 136 valence electrons. The summed E-state index contributed by atoms with van der Waals surface area (Å²) in [7, 11) is 1.65. The van der Waals surface area contributed by atoms with Crippen LogP contribution in [0, 0.1) is 5.92 Å². The Hall–Kier alpha value is -1.67. The van der Waals surface area contributed by atoms with Crippen LogP contribution in [0.2, 0.25) is 0 Å². The fourth-order valence-corrected chi connectivity index (χ4v) is 2.94. The molecule has 2 aliphatic heterocycles. The Bertz CT molecular complexity index is 449. The van der Waals surface area contributed by atoms with Gasteiger partial charge in [-0.1, -0.05) is 0 Å². The zero-order valence-corrected chi connectivity index (χ0v) is 14.3. The first-order valence-electron chi connectivity index (χ1n) is 8.53. The van der Waals surface area contributed by atoms with E-state index in [0.29, 0.717) is 51.7 Å². The third-order valence-electron chi connectivity index (χ3n) is 4.49. The molecule has 8 nitrogen and oxygen atoms in total. The van der Waals surface area contributed by atoms with E-state index in [2.05, 4.69) is 5.32 Å². The van der Waals surface area contributed by atoms with Gasteiger partial charge in [0.2, 0.25) is 11.8 Å². The van der Waals surface area contributed by atoms with E-state index in [9.17, 15) is 14.4 Å². The van der Waals surface area contributed by atoms with E-state index in [1.54, 1.807) is 7.11 Å². The fourth-order valence-electron chi connectivity index (χ4n) is 2.94. The molecule has 2 aliphatic rings. The van der Waals surface area contributed by atoms with Gasteiger partial charge >= 0.3 is 6.03 Å². The van der Waals surface area contributed by atoms with E-state index < -0.39 is 6.03 Å². The average molecular weight is 341 g/mol. The molecule has 2 fully saturated rings. The van der Waals surface area contributed by atoms with E-state index in [0.717, 1.165) is 25.9 Å². The van der Waals surface area contributed by atoms with E-state index in [1.165, 1.54) is 4.90 Å². The number of carbonyl (C=O) groups is 3. The van der Waals surface area contributed by atoms with Gasteiger partial charge in [0.05, 0.1) is 13.2 Å². The monoisotopic (exact) mass is 341 g/mol. The van der Waals surface area contributed by atoms with Gasteiger partial charge in [0.15, 0.2) is 0 Å². The van der Waals surface area contributed by atoms with Gasteiger partial charge in [-0.05, 0) is 18.8 Å². The Morgan fingerprint density at radius 3 is 2.62 bits per heavy atom. The van der Waals surface area contributed by atoms with Crippen LogP contribution >= 0.6 is 0 Å². The molecular formula is C16H27N3O5. The zero-order chi connectivity index (χ0) is 17.4. The number of urea groups is 1. The summed E-state index contributed by atoms with van der Waals surface area (Å²) < 4.78 is 10.5. The molecule has 4 amide bonds. The van der Waals surface area contributed by atoms with Crippen molar-refractivity contribution in [3.05, 3.63) is 0 Å². The second kappa shape index (κ2) is 9.58. The van der Waals surface area contributed by atoms with Gasteiger partial charge in [-0.3, -0.25) is 14.9 Å². The van der Waals surface area contributed by atoms with Crippen LogP contribution in [-0.2, 0) is 19.1 Å². The number of carbonyl (C=O) groups excluding carboxylic acids is 3. The first kappa shape index (κ1) is 18.7. The van der Waals surface area contributed by atoms with Crippen LogP contribution in [-0.4, -0.2) is 80.8 Å². The molecule has 0 bridgehead atoms. The quantitative estimate of drug-likeness (QED) is 0.638. The number of imide groups is 1. The van der Waals surface area contributed by atoms with Crippen LogP contribution in [0.1, 0.15) is 25.7 Å². The minimum atomic E-state index is -0.397. The second-order valence-corrected chi connectivity index (χ2v) is 6.23. The summed E-state index contributed by atoms with van der Waals surface area (Å²) in [6, 6.07) is -0.397. The Labute approximate surface area is 142 Å². The summed E-state index contributed by atoms with van der Waals surface area (Å²) in [5, 5.41) is 2.27. The first-order valence-corrected chi connectivity index (χ1v) is 8.53. The molecule has 0 aliphatic carbocycles. The van der Waals surface area contributed by atoms with Crippen LogP contribution in [0.25, 0.3) is 0 Å². The topological polar surface area (TPSA) is 88.2 Å². The number of nitrogens with zero attached hydrogens (tertiary/aromatic N) is 2. The van der Waals surface area contributed by atoms with Gasteiger partial charge in [-0.25, -0.2) is 4.79 Å². The highest BCUT2D eigenvalue weighted by Crippen LogP contribution is 2.18. The van der Waals surface area contributed by atoms with Gasteiger partial charge in [-0.15, -0.1) is 0 Å². The summed E-state index contributed by atoms with van der Waals surface area (Å²) in [6.07, 6.45) is 2.49. The molecule has 24 heavy (non-hydrogen) atoms. The van der Waals surface area contributed by atoms with Crippen LogP contribution in [0.4, 0.5) is 4.79 Å². The SMILES string of the molecule is COCCOCC1CCN(C(=O)CCN2CCC(=O)NC2=O)CC1. The third kappa shape index (κ3) is 5.76. The number of methoxy groups -OCH3 is 1. The predicted molar refractivity (Wildman–Crippen MR) is 86.3 cm³/mol. The maximum atomic E-state index is 12.3. The molecule has 0 aromatic rings. The lowest BCUT2D eigenvalue weighted by atomic mass is 9.97. The maximum absolute atomic E-state index is 12.3. The highest BCUT2D eigenvalue weighted by molar-refractivity contribution is 5.96. The number of rotatable bonds is 8. The lowest BCUT2D eigenvalue weighted by Gasteiger charge is -2.33. The zero-order valence-electron chi connectivity index (χ0n) is 14.3. The van der Waals surface area contributed by atoms with Gasteiger partial charge in [0, 0.05) is 52.7 Å². The lowest BCUT2D eigenvalue weighted by molar-refractivity contribution is -0.133. The molecule has 0 unspecified atom stereocenters. The van der Waals surface area contributed by atoms with Gasteiger partial charge in [0.25, 0.3) is 0 Å². The highest BCUT2D eigenvalue weighted by Gasteiger charge is 2.26. The van der Waals surface area contributed by atoms with Crippen LogP contribution in [0.15, 0.2) is 0 Å². The van der Waals surface area contributed by atoms with Crippen LogP contribution in [0.3, 0.4) is 0 Å². The van der Waals surface area contributed by atoms with Gasteiger partial charge in [0.1, 0.15) is 0 Å². The Morgan fingerprint density at radius 2 is 1.96 bits per heavy atom. The summed E-state index contributed by atoms with van der Waals surface area (Å²) in [5.41, 5.74) is 0. The van der Waals surface area contributed by atoms with Crippen molar-refractivity contribution in [2.45, 2.75) is 25.7 Å². The number of likely N-dealkylation sites (tertiary alicyclic amines) is 1. The smallest absolute Gasteiger partial charge is 0.324 e. The van der Waals surface area contributed by atoms with Crippen molar-refractivity contribution in [2.75, 3.05) is 53.1 Å². The Morgan fingerprint density at radius 1 is 1.21 bits per heavy atom. The molecule has 0 spiro atoms. The number of nitrogens with one attached hydrogen (secondary N) is 1. The molecule has 2 saturated heterocycles. The third-order valence-corrected chi connectivity index (χ3v) is 4.49. The second-order valence-electron chi connectivity index (χ2n) is 6.23. The first-order chi connectivity index (χ1) is 11.6. The standard InChI is InChI=1S/C16H27N3O5/c1-23-10-11-24-12-13-2-6-18(7-3-13)15(21)5-9-19-8-4-14(20)17-16(19)22/h13H,2-12H2,1H3,(H,17,20,22). The molecule has 1 N–H and O–H groups in total. The molecule has 0 aromatic heterocycles. The number of amides is 4. The molecule has 2 heterocycles. The summed E-state index contributed by atoms with van der Waals surface area (Å²) in [4.78, 5) is 38.4. The van der Waals surface area contributed by atoms with Crippen molar-refractivity contribution in [2.24, 2.45) is 5.92 Å². The molecule has 0 radical (unpaired) electrons. The van der Waals surface area contributed by atoms with Crippen molar-refractivity contribution in [3.8, 4) is 0 Å². The van der Waals surface area contributed by atoms with Crippen LogP contribution in [0.5, 0.6) is 0 Å². The molecule has 0 saturated carbocycles. The average Bonchev–Trinajstić information content (AvgIpc) is 2.58. The number of hydrogen-bond acceptors (Lipinski definition) is 5. The van der Waals surface area contributed by atoms with Crippen molar-refractivity contribution >= 4 is 17.8 Å². The van der Waals surface area contributed by atoms with Gasteiger partial charge in [-0.2, -0.15) is 0 Å². The summed E-state index contributed by atoms with van der Waals surface area (Å²) >= 11 is 0. The van der Waals surface area contributed by atoms with Crippen molar-refractivity contribution in [3.63, 3.8) is 0 Å². The summed E-state index contributed by atoms with van der Waals surface area (Å²) in [6.45, 7) is 4.15. The van der Waals surface area contributed by atoms with Gasteiger partial charge < -0.3 is 19.3 Å². The predicted octanol–water partition coefficient (Wildman–Crippen LogP) is 0.220. The van der Waals surface area contributed by atoms with Crippen molar-refractivity contribution in [1.29, 1.82) is 0 Å². The number of ether oxygens (including phenoxy) is 2. The normalized spacial score (nSPS) is 19.5. The molecule has 0 atom stereocenters. The molecule has 2 rings (SSSR count). The van der Waals surface area contributed by atoms with Crippen LogP contribution < -0.4 is 5.32 Å². The van der Waals surface area contributed by atoms with E-state index >= 15 is 0 Å². The fraction of sp³-hybridized carbons (Fsp3) is 0.812. The highest BCUT2D eigenvalue weighted by atomic mass is 16.5. The Balaban J connectivity index is 1.62. The van der Waals surface area contributed by atoms with Crippen molar-refractivity contribution < 1.29 is 23.9 Å². The lowest BCUT2D eigenvalue weighted by Crippen LogP contribution is -2.50. The van der Waals surface area contributed by atoms with E-state index in [1.807, 2.05) is 4.90 Å². The molecule has 8 heteroatoms. The Kier molecular flexibility index (Phi) is 7.45. The molecular weight excluding hydrogens is 314 g/mol. The summed E-state index contributed by atoms with van der Waals surface area (Å²) in [5.74, 6) is 0.306. The molecule has 0 aromatic carbocycles. The maximum Gasteiger partial charge on any atom is 0.324 e. The minimum absolute atomic E-state index is 0.0680. The van der Waals surface area contributed by atoms with E-state index in [4.69, 9.17) is 9.47 Å². The number of hydrogen-bond donors (Lipinski definition) is 1. The largest absolute Gasteiger partial charge is 0.382 e. The number of piperidine rings is 1.